The van der Waals surface area contributed by atoms with E-state index in [0.29, 0.717) is 6.42 Å². The van der Waals surface area contributed by atoms with Crippen molar-refractivity contribution in [2.24, 2.45) is 0 Å². The van der Waals surface area contributed by atoms with Gasteiger partial charge in [0.25, 0.3) is 0 Å². The zero-order valence-corrected chi connectivity index (χ0v) is 14.3. The van der Waals surface area contributed by atoms with Crippen LogP contribution in [-0.4, -0.2) is 25.4 Å². The van der Waals surface area contributed by atoms with Crippen LogP contribution in [0.3, 0.4) is 0 Å². The van der Waals surface area contributed by atoms with Crippen molar-refractivity contribution in [3.8, 4) is 0 Å². The van der Waals surface area contributed by atoms with Gasteiger partial charge in [0.1, 0.15) is 0 Å². The molecule has 2 aromatic carbocycles. The molecule has 2 amide bonds. The third kappa shape index (κ3) is 4.35. The first-order valence-electron chi connectivity index (χ1n) is 7.98. The van der Waals surface area contributed by atoms with Crippen LogP contribution in [0.5, 0.6) is 0 Å². The number of hydrogen-bond acceptors (Lipinski definition) is 3. The molecule has 0 atom stereocenters. The Bertz CT molecular complexity index is 714. The molecule has 0 aromatic heterocycles. The maximum atomic E-state index is 12.3. The van der Waals surface area contributed by atoms with E-state index in [1.165, 1.54) is 0 Å². The Kier molecular flexibility index (Phi) is 5.95. The van der Waals surface area contributed by atoms with Crippen molar-refractivity contribution < 1.29 is 9.59 Å². The summed E-state index contributed by atoms with van der Waals surface area (Å²) < 4.78 is 0. The van der Waals surface area contributed by atoms with Crippen molar-refractivity contribution in [1.82, 2.24) is 0 Å². The summed E-state index contributed by atoms with van der Waals surface area (Å²) >= 11 is 0. The van der Waals surface area contributed by atoms with E-state index in [9.17, 15) is 9.59 Å². The monoisotopic (exact) mass is 325 g/mol. The highest BCUT2D eigenvalue weighted by atomic mass is 16.2. The molecular formula is C19H23N3O2. The predicted molar refractivity (Wildman–Crippen MR) is 98.4 cm³/mol. The number of carbonyl (C=O) groups is 2. The van der Waals surface area contributed by atoms with Crippen LogP contribution in [0.15, 0.2) is 48.5 Å². The third-order valence-electron chi connectivity index (χ3n) is 3.88. The molecule has 5 nitrogen and oxygen atoms in total. The van der Waals surface area contributed by atoms with Gasteiger partial charge in [-0.15, -0.1) is 0 Å². The molecular weight excluding hydrogens is 302 g/mol. The van der Waals surface area contributed by atoms with Crippen molar-refractivity contribution in [3.63, 3.8) is 0 Å². The number of likely N-dealkylation sites (N-methyl/N-ethyl adjacent to an activating group) is 1. The zero-order chi connectivity index (χ0) is 17.5. The number of rotatable bonds is 6. The molecule has 0 saturated heterocycles. The van der Waals surface area contributed by atoms with Crippen LogP contribution in [0.1, 0.15) is 18.9 Å². The number of carbonyl (C=O) groups excluding carboxylic acids is 2. The first kappa shape index (κ1) is 17.5. The first-order valence-corrected chi connectivity index (χ1v) is 7.98. The molecule has 0 unspecified atom stereocenters. The van der Waals surface area contributed by atoms with Gasteiger partial charge >= 0.3 is 0 Å². The number of amides is 2. The highest BCUT2D eigenvalue weighted by Crippen LogP contribution is 2.23. The molecule has 0 fully saturated rings. The summed E-state index contributed by atoms with van der Waals surface area (Å²) in [6.07, 6.45) is 0.428. The Morgan fingerprint density at radius 1 is 1.00 bits per heavy atom. The van der Waals surface area contributed by atoms with Crippen LogP contribution in [-0.2, 0) is 9.59 Å². The van der Waals surface area contributed by atoms with E-state index in [1.54, 1.807) is 11.9 Å². The van der Waals surface area contributed by atoms with Gasteiger partial charge in [0.05, 0.1) is 6.54 Å². The summed E-state index contributed by atoms with van der Waals surface area (Å²) in [6, 6.07) is 15.1. The fraction of sp³-hybridized carbons (Fsp3) is 0.263. The fourth-order valence-electron chi connectivity index (χ4n) is 2.29. The maximum Gasteiger partial charge on any atom is 0.246 e. The molecule has 24 heavy (non-hydrogen) atoms. The van der Waals surface area contributed by atoms with Crippen molar-refractivity contribution >= 4 is 28.9 Å². The fourth-order valence-corrected chi connectivity index (χ4v) is 2.29. The lowest BCUT2D eigenvalue weighted by atomic mass is 10.1. The SMILES string of the molecule is CCC(=O)Nc1cccc(NCC(=O)N(C)c2ccccc2)c1C. The molecule has 2 N–H and O–H groups in total. The predicted octanol–water partition coefficient (Wildman–Crippen LogP) is 3.42. The van der Waals surface area contributed by atoms with Crippen LogP contribution in [0.2, 0.25) is 0 Å². The normalized spacial score (nSPS) is 10.1. The van der Waals surface area contributed by atoms with Gasteiger partial charge in [-0.25, -0.2) is 0 Å². The third-order valence-corrected chi connectivity index (χ3v) is 3.88. The summed E-state index contributed by atoms with van der Waals surface area (Å²) in [7, 11) is 1.75. The average molecular weight is 325 g/mol. The minimum Gasteiger partial charge on any atom is -0.376 e. The Morgan fingerprint density at radius 2 is 1.67 bits per heavy atom. The van der Waals surface area contributed by atoms with Crippen LogP contribution >= 0.6 is 0 Å². The molecule has 0 aliphatic heterocycles. The van der Waals surface area contributed by atoms with E-state index >= 15 is 0 Å². The van der Waals surface area contributed by atoms with E-state index < -0.39 is 0 Å². The number of nitrogens with one attached hydrogen (secondary N) is 2. The Balaban J connectivity index is 2.02. The highest BCUT2D eigenvalue weighted by molar-refractivity contribution is 5.96. The van der Waals surface area contributed by atoms with Crippen molar-refractivity contribution in [1.29, 1.82) is 0 Å². The molecule has 0 radical (unpaired) electrons. The van der Waals surface area contributed by atoms with E-state index in [2.05, 4.69) is 10.6 Å². The van der Waals surface area contributed by atoms with Crippen LogP contribution < -0.4 is 15.5 Å². The van der Waals surface area contributed by atoms with Crippen LogP contribution in [0, 0.1) is 6.92 Å². The lowest BCUT2D eigenvalue weighted by Gasteiger charge is -2.19. The summed E-state index contributed by atoms with van der Waals surface area (Å²) in [6.45, 7) is 3.90. The Morgan fingerprint density at radius 3 is 2.33 bits per heavy atom. The van der Waals surface area contributed by atoms with Gasteiger partial charge in [-0.05, 0) is 36.8 Å². The number of hydrogen-bond donors (Lipinski definition) is 2. The Hall–Kier alpha value is -2.82. The quantitative estimate of drug-likeness (QED) is 0.855. The minimum atomic E-state index is -0.0383. The molecule has 0 bridgehead atoms. The molecule has 2 rings (SSSR count). The van der Waals surface area contributed by atoms with Gasteiger partial charge < -0.3 is 15.5 Å². The van der Waals surface area contributed by atoms with Crippen LogP contribution in [0.4, 0.5) is 17.1 Å². The molecule has 0 saturated carbocycles. The van der Waals surface area contributed by atoms with Crippen molar-refractivity contribution in [3.05, 3.63) is 54.1 Å². The van der Waals surface area contributed by atoms with E-state index in [1.807, 2.05) is 62.4 Å². The number of benzene rings is 2. The first-order chi connectivity index (χ1) is 11.5. The van der Waals surface area contributed by atoms with E-state index in [4.69, 9.17) is 0 Å². The average Bonchev–Trinajstić information content (AvgIpc) is 2.62. The molecule has 2 aromatic rings. The summed E-state index contributed by atoms with van der Waals surface area (Å²) in [5.74, 6) is -0.0706. The molecule has 0 heterocycles. The minimum absolute atomic E-state index is 0.0323. The summed E-state index contributed by atoms with van der Waals surface area (Å²) in [5.41, 5.74) is 3.36. The molecule has 5 heteroatoms. The van der Waals surface area contributed by atoms with E-state index in [-0.39, 0.29) is 18.4 Å². The second-order valence-electron chi connectivity index (χ2n) is 5.52. The molecule has 0 spiro atoms. The Labute approximate surface area is 142 Å². The standard InChI is InChI=1S/C19H23N3O2/c1-4-18(23)21-17-12-8-11-16(14(17)2)20-13-19(24)22(3)15-9-6-5-7-10-15/h5-12,20H,4,13H2,1-3H3,(H,21,23). The second kappa shape index (κ2) is 8.15. The smallest absolute Gasteiger partial charge is 0.246 e. The van der Waals surface area contributed by atoms with Gasteiger partial charge in [0.2, 0.25) is 11.8 Å². The second-order valence-corrected chi connectivity index (χ2v) is 5.52. The lowest BCUT2D eigenvalue weighted by Crippen LogP contribution is -2.32. The molecule has 0 aliphatic carbocycles. The number of para-hydroxylation sites is 1. The van der Waals surface area contributed by atoms with Gasteiger partial charge in [0.15, 0.2) is 0 Å². The van der Waals surface area contributed by atoms with Gasteiger partial charge in [-0.2, -0.15) is 0 Å². The van der Waals surface area contributed by atoms with Crippen molar-refractivity contribution in [2.75, 3.05) is 29.1 Å². The van der Waals surface area contributed by atoms with Crippen LogP contribution in [0.25, 0.3) is 0 Å². The lowest BCUT2D eigenvalue weighted by molar-refractivity contribution is -0.117. The van der Waals surface area contributed by atoms with Gasteiger partial charge in [0, 0.05) is 30.5 Å². The van der Waals surface area contributed by atoms with E-state index in [0.717, 1.165) is 22.6 Å². The topological polar surface area (TPSA) is 61.4 Å². The summed E-state index contributed by atoms with van der Waals surface area (Å²) in [5, 5.41) is 6.01. The number of nitrogens with zero attached hydrogens (tertiary/aromatic N) is 1. The highest BCUT2D eigenvalue weighted by Gasteiger charge is 2.12. The largest absolute Gasteiger partial charge is 0.376 e. The number of anilines is 3. The zero-order valence-electron chi connectivity index (χ0n) is 14.3. The molecule has 126 valence electrons. The molecule has 0 aliphatic rings. The summed E-state index contributed by atoms with van der Waals surface area (Å²) in [4.78, 5) is 25.5. The van der Waals surface area contributed by atoms with Gasteiger partial charge in [-0.3, -0.25) is 9.59 Å². The maximum absolute atomic E-state index is 12.3. The van der Waals surface area contributed by atoms with Crippen molar-refractivity contribution in [2.45, 2.75) is 20.3 Å². The van der Waals surface area contributed by atoms with Gasteiger partial charge in [-0.1, -0.05) is 31.2 Å².